The van der Waals surface area contributed by atoms with Crippen LogP contribution in [0.3, 0.4) is 0 Å². The standard InChI is InChI=1S/C13H17N3/c1-3-8-16-9-12(14)13(15-16)11-6-4-10(2)5-7-11/h4-7,9H,3,8,14H2,1-2H3. The molecule has 0 aliphatic carbocycles. The third-order valence-corrected chi connectivity index (χ3v) is 2.57. The van der Waals surface area contributed by atoms with Gasteiger partial charge in [-0.25, -0.2) is 0 Å². The SMILES string of the molecule is CCCn1cc(N)c(-c2ccc(C)cc2)n1. The molecule has 1 aromatic heterocycles. The van der Waals surface area contributed by atoms with Crippen LogP contribution in [0, 0.1) is 6.92 Å². The molecule has 0 atom stereocenters. The summed E-state index contributed by atoms with van der Waals surface area (Å²) in [5.74, 6) is 0. The highest BCUT2D eigenvalue weighted by molar-refractivity contribution is 5.71. The van der Waals surface area contributed by atoms with E-state index in [1.807, 2.05) is 10.9 Å². The maximum Gasteiger partial charge on any atom is 0.115 e. The second-order valence-electron chi connectivity index (χ2n) is 4.06. The minimum Gasteiger partial charge on any atom is -0.396 e. The zero-order valence-electron chi connectivity index (χ0n) is 9.77. The van der Waals surface area contributed by atoms with Gasteiger partial charge in [0, 0.05) is 18.3 Å². The normalized spacial score (nSPS) is 10.6. The summed E-state index contributed by atoms with van der Waals surface area (Å²) in [6.07, 6.45) is 2.97. The topological polar surface area (TPSA) is 43.8 Å². The zero-order valence-corrected chi connectivity index (χ0v) is 9.77. The van der Waals surface area contributed by atoms with E-state index in [9.17, 15) is 0 Å². The first-order chi connectivity index (χ1) is 7.70. The highest BCUT2D eigenvalue weighted by atomic mass is 15.3. The number of rotatable bonds is 3. The summed E-state index contributed by atoms with van der Waals surface area (Å²) < 4.78 is 1.91. The van der Waals surface area contributed by atoms with E-state index in [1.54, 1.807) is 0 Å². The molecule has 0 amide bonds. The lowest BCUT2D eigenvalue weighted by Gasteiger charge is -1.99. The van der Waals surface area contributed by atoms with E-state index in [0.717, 1.165) is 29.9 Å². The van der Waals surface area contributed by atoms with Crippen molar-refractivity contribution in [3.63, 3.8) is 0 Å². The van der Waals surface area contributed by atoms with Crippen LogP contribution in [0.15, 0.2) is 30.5 Å². The quantitative estimate of drug-likeness (QED) is 0.855. The maximum absolute atomic E-state index is 5.96. The van der Waals surface area contributed by atoms with Crippen molar-refractivity contribution in [3.8, 4) is 11.3 Å². The summed E-state index contributed by atoms with van der Waals surface area (Å²) in [4.78, 5) is 0. The van der Waals surface area contributed by atoms with E-state index >= 15 is 0 Å². The number of hydrogen-bond donors (Lipinski definition) is 1. The fraction of sp³-hybridized carbons (Fsp3) is 0.308. The fourth-order valence-corrected chi connectivity index (χ4v) is 1.72. The summed E-state index contributed by atoms with van der Waals surface area (Å²) in [5.41, 5.74) is 9.92. The van der Waals surface area contributed by atoms with E-state index < -0.39 is 0 Å². The molecule has 1 aromatic carbocycles. The van der Waals surface area contributed by atoms with Crippen LogP contribution in [0.25, 0.3) is 11.3 Å². The summed E-state index contributed by atoms with van der Waals surface area (Å²) in [6.45, 7) is 5.11. The lowest BCUT2D eigenvalue weighted by Crippen LogP contribution is -1.96. The first-order valence-electron chi connectivity index (χ1n) is 5.60. The van der Waals surface area contributed by atoms with Gasteiger partial charge in [0.1, 0.15) is 5.69 Å². The van der Waals surface area contributed by atoms with E-state index in [4.69, 9.17) is 5.73 Å². The highest BCUT2D eigenvalue weighted by Crippen LogP contribution is 2.24. The average molecular weight is 215 g/mol. The third-order valence-electron chi connectivity index (χ3n) is 2.57. The Morgan fingerprint density at radius 1 is 1.25 bits per heavy atom. The molecule has 0 spiro atoms. The van der Waals surface area contributed by atoms with E-state index in [-0.39, 0.29) is 0 Å². The van der Waals surface area contributed by atoms with Crippen LogP contribution in [0.2, 0.25) is 0 Å². The number of anilines is 1. The molecule has 0 unspecified atom stereocenters. The molecular formula is C13H17N3. The summed E-state index contributed by atoms with van der Waals surface area (Å²) >= 11 is 0. The average Bonchev–Trinajstić information content (AvgIpc) is 2.61. The van der Waals surface area contributed by atoms with Crippen molar-refractivity contribution >= 4 is 5.69 Å². The van der Waals surface area contributed by atoms with Gasteiger partial charge in [-0.2, -0.15) is 5.10 Å². The molecule has 16 heavy (non-hydrogen) atoms. The number of aromatic nitrogens is 2. The molecule has 0 saturated carbocycles. The Kier molecular flexibility index (Phi) is 2.95. The van der Waals surface area contributed by atoms with Crippen molar-refractivity contribution in [2.45, 2.75) is 26.8 Å². The van der Waals surface area contributed by atoms with Gasteiger partial charge in [0.25, 0.3) is 0 Å². The van der Waals surface area contributed by atoms with Crippen LogP contribution in [0.4, 0.5) is 5.69 Å². The van der Waals surface area contributed by atoms with E-state index in [2.05, 4.69) is 43.2 Å². The zero-order chi connectivity index (χ0) is 11.5. The number of hydrogen-bond acceptors (Lipinski definition) is 2. The molecule has 0 bridgehead atoms. The van der Waals surface area contributed by atoms with Gasteiger partial charge in [0.2, 0.25) is 0 Å². The Labute approximate surface area is 95.9 Å². The smallest absolute Gasteiger partial charge is 0.115 e. The molecule has 2 aromatic rings. The first kappa shape index (κ1) is 10.7. The Balaban J connectivity index is 2.36. The maximum atomic E-state index is 5.96. The van der Waals surface area contributed by atoms with Gasteiger partial charge in [-0.1, -0.05) is 36.8 Å². The van der Waals surface area contributed by atoms with Crippen molar-refractivity contribution in [1.29, 1.82) is 0 Å². The molecule has 0 aliphatic heterocycles. The summed E-state index contributed by atoms with van der Waals surface area (Å²) in [7, 11) is 0. The van der Waals surface area contributed by atoms with Crippen LogP contribution in [-0.2, 0) is 6.54 Å². The Morgan fingerprint density at radius 2 is 1.94 bits per heavy atom. The van der Waals surface area contributed by atoms with Crippen LogP contribution in [0.1, 0.15) is 18.9 Å². The van der Waals surface area contributed by atoms with Crippen molar-refractivity contribution in [2.75, 3.05) is 5.73 Å². The molecule has 3 nitrogen and oxygen atoms in total. The van der Waals surface area contributed by atoms with Gasteiger partial charge >= 0.3 is 0 Å². The van der Waals surface area contributed by atoms with E-state index in [0.29, 0.717) is 0 Å². The summed E-state index contributed by atoms with van der Waals surface area (Å²) in [5, 5.41) is 4.49. The van der Waals surface area contributed by atoms with Crippen LogP contribution < -0.4 is 5.73 Å². The molecule has 3 heteroatoms. The highest BCUT2D eigenvalue weighted by Gasteiger charge is 2.07. The molecule has 2 rings (SSSR count). The fourth-order valence-electron chi connectivity index (χ4n) is 1.72. The molecule has 84 valence electrons. The number of nitrogens with two attached hydrogens (primary N) is 1. The van der Waals surface area contributed by atoms with Crippen molar-refractivity contribution in [3.05, 3.63) is 36.0 Å². The second kappa shape index (κ2) is 4.39. The lowest BCUT2D eigenvalue weighted by atomic mass is 10.1. The second-order valence-corrected chi connectivity index (χ2v) is 4.06. The number of nitrogens with zero attached hydrogens (tertiary/aromatic N) is 2. The van der Waals surface area contributed by atoms with Gasteiger partial charge in [-0.3, -0.25) is 4.68 Å². The third kappa shape index (κ3) is 2.08. The predicted octanol–water partition coefficient (Wildman–Crippen LogP) is 2.85. The van der Waals surface area contributed by atoms with Crippen LogP contribution >= 0.6 is 0 Å². The van der Waals surface area contributed by atoms with Crippen LogP contribution in [-0.4, -0.2) is 9.78 Å². The molecule has 0 saturated heterocycles. The van der Waals surface area contributed by atoms with Crippen molar-refractivity contribution in [1.82, 2.24) is 9.78 Å². The van der Waals surface area contributed by atoms with Gasteiger partial charge in [-0.05, 0) is 13.3 Å². The number of nitrogen functional groups attached to an aromatic ring is 1. The lowest BCUT2D eigenvalue weighted by molar-refractivity contribution is 0.605. The molecular weight excluding hydrogens is 198 g/mol. The van der Waals surface area contributed by atoms with Gasteiger partial charge in [0.15, 0.2) is 0 Å². The molecule has 0 fully saturated rings. The summed E-state index contributed by atoms with van der Waals surface area (Å²) in [6, 6.07) is 8.27. The minimum atomic E-state index is 0.748. The van der Waals surface area contributed by atoms with Gasteiger partial charge in [0.05, 0.1) is 5.69 Å². The van der Waals surface area contributed by atoms with Crippen molar-refractivity contribution < 1.29 is 0 Å². The Bertz CT molecular complexity index is 468. The molecule has 2 N–H and O–H groups in total. The molecule has 0 aliphatic rings. The molecule has 1 heterocycles. The predicted molar refractivity (Wildman–Crippen MR) is 67.1 cm³/mol. The van der Waals surface area contributed by atoms with Gasteiger partial charge < -0.3 is 5.73 Å². The minimum absolute atomic E-state index is 0.748. The number of benzene rings is 1. The molecule has 0 radical (unpaired) electrons. The first-order valence-corrected chi connectivity index (χ1v) is 5.60. The largest absolute Gasteiger partial charge is 0.396 e. The van der Waals surface area contributed by atoms with Crippen LogP contribution in [0.5, 0.6) is 0 Å². The Hall–Kier alpha value is -1.77. The van der Waals surface area contributed by atoms with Gasteiger partial charge in [-0.15, -0.1) is 0 Å². The monoisotopic (exact) mass is 215 g/mol. The number of aryl methyl sites for hydroxylation is 2. The Morgan fingerprint density at radius 3 is 2.56 bits per heavy atom. The van der Waals surface area contributed by atoms with Crippen molar-refractivity contribution in [2.24, 2.45) is 0 Å². The van der Waals surface area contributed by atoms with E-state index in [1.165, 1.54) is 5.56 Å².